The van der Waals surface area contributed by atoms with Crippen LogP contribution in [-0.4, -0.2) is 53.8 Å². The second kappa shape index (κ2) is 6.70. The zero-order valence-electron chi connectivity index (χ0n) is 14.6. The molecule has 2 aromatic carbocycles. The lowest BCUT2D eigenvalue weighted by atomic mass is 10.1. The molecule has 0 saturated carbocycles. The van der Waals surface area contributed by atoms with Gasteiger partial charge in [0.2, 0.25) is 0 Å². The minimum absolute atomic E-state index is 0.130. The Kier molecular flexibility index (Phi) is 4.36. The quantitative estimate of drug-likeness (QED) is 0.763. The van der Waals surface area contributed by atoms with Gasteiger partial charge < -0.3 is 9.64 Å². The second-order valence-electron chi connectivity index (χ2n) is 6.56. The predicted molar refractivity (Wildman–Crippen MR) is 99.3 cm³/mol. The molecule has 0 radical (unpaired) electrons. The molecule has 3 amide bonds. The number of rotatable bonds is 3. The standard InChI is InChI=1S/C20H17ClN2O4/c1-27-14-7-5-12(6-8-14)18(24)22-10-9-13(11-22)23-19(25)15-3-2-4-16(21)17(15)20(23)26/h2-8,13H,9-11H2,1H3. The molecule has 2 heterocycles. The minimum atomic E-state index is -0.385. The zero-order chi connectivity index (χ0) is 19.1. The third-order valence-corrected chi connectivity index (χ3v) is 5.36. The summed E-state index contributed by atoms with van der Waals surface area (Å²) in [6.07, 6.45) is 0.547. The van der Waals surface area contributed by atoms with Crippen LogP contribution < -0.4 is 4.74 Å². The monoisotopic (exact) mass is 384 g/mol. The SMILES string of the molecule is COc1ccc(C(=O)N2CCC(N3C(=O)c4cccc(Cl)c4C3=O)C2)cc1. The molecule has 1 atom stereocenters. The van der Waals surface area contributed by atoms with Gasteiger partial charge in [0, 0.05) is 18.7 Å². The van der Waals surface area contributed by atoms with Crippen LogP contribution in [0.1, 0.15) is 37.5 Å². The second-order valence-corrected chi connectivity index (χ2v) is 6.97. The van der Waals surface area contributed by atoms with Gasteiger partial charge >= 0.3 is 0 Å². The van der Waals surface area contributed by atoms with Crippen molar-refractivity contribution in [3.05, 3.63) is 64.2 Å². The maximum atomic E-state index is 12.7. The third kappa shape index (κ3) is 2.86. The number of imide groups is 1. The zero-order valence-corrected chi connectivity index (χ0v) is 15.4. The highest BCUT2D eigenvalue weighted by Crippen LogP contribution is 2.32. The van der Waals surface area contributed by atoms with Crippen LogP contribution >= 0.6 is 11.6 Å². The van der Waals surface area contributed by atoms with E-state index in [1.807, 2.05) is 0 Å². The summed E-state index contributed by atoms with van der Waals surface area (Å²) < 4.78 is 5.11. The normalized spacial score (nSPS) is 18.8. The van der Waals surface area contributed by atoms with Crippen LogP contribution in [0.4, 0.5) is 0 Å². The molecule has 27 heavy (non-hydrogen) atoms. The lowest BCUT2D eigenvalue weighted by Gasteiger charge is -2.22. The highest BCUT2D eigenvalue weighted by atomic mass is 35.5. The van der Waals surface area contributed by atoms with Gasteiger partial charge in [-0.15, -0.1) is 0 Å². The minimum Gasteiger partial charge on any atom is -0.497 e. The molecule has 7 heteroatoms. The van der Waals surface area contributed by atoms with Crippen molar-refractivity contribution in [3.63, 3.8) is 0 Å². The molecule has 1 fully saturated rings. The summed E-state index contributed by atoms with van der Waals surface area (Å²) >= 11 is 6.11. The average molecular weight is 385 g/mol. The maximum absolute atomic E-state index is 12.7. The Morgan fingerprint density at radius 2 is 1.85 bits per heavy atom. The van der Waals surface area contributed by atoms with Gasteiger partial charge in [0.1, 0.15) is 5.75 Å². The first-order valence-electron chi connectivity index (χ1n) is 8.61. The maximum Gasteiger partial charge on any atom is 0.263 e. The van der Waals surface area contributed by atoms with Crippen molar-refractivity contribution in [2.24, 2.45) is 0 Å². The average Bonchev–Trinajstić information content (AvgIpc) is 3.25. The lowest BCUT2D eigenvalue weighted by molar-refractivity contribution is 0.0575. The van der Waals surface area contributed by atoms with Gasteiger partial charge in [0.05, 0.1) is 29.3 Å². The first-order chi connectivity index (χ1) is 13.0. The van der Waals surface area contributed by atoms with E-state index in [2.05, 4.69) is 0 Å². The third-order valence-electron chi connectivity index (χ3n) is 5.05. The molecular formula is C20H17ClN2O4. The number of hydrogen-bond acceptors (Lipinski definition) is 4. The number of likely N-dealkylation sites (tertiary alicyclic amines) is 1. The van der Waals surface area contributed by atoms with Crippen LogP contribution in [0.5, 0.6) is 5.75 Å². The number of ether oxygens (including phenoxy) is 1. The van der Waals surface area contributed by atoms with Gasteiger partial charge in [-0.2, -0.15) is 0 Å². The number of benzene rings is 2. The van der Waals surface area contributed by atoms with E-state index in [0.29, 0.717) is 36.4 Å². The molecule has 1 unspecified atom stereocenters. The number of carbonyl (C=O) groups excluding carboxylic acids is 3. The first kappa shape index (κ1) is 17.5. The number of carbonyl (C=O) groups is 3. The van der Waals surface area contributed by atoms with E-state index in [1.165, 1.54) is 4.90 Å². The first-order valence-corrected chi connectivity index (χ1v) is 8.99. The Labute approximate surface area is 161 Å². The number of methoxy groups -OCH3 is 1. The summed E-state index contributed by atoms with van der Waals surface area (Å²) in [5.74, 6) is -0.186. The summed E-state index contributed by atoms with van der Waals surface area (Å²) in [4.78, 5) is 41.1. The molecule has 138 valence electrons. The van der Waals surface area contributed by atoms with Crippen molar-refractivity contribution < 1.29 is 19.1 Å². The molecule has 1 saturated heterocycles. The van der Waals surface area contributed by atoms with Gasteiger partial charge in [-0.25, -0.2) is 0 Å². The molecule has 0 spiro atoms. The van der Waals surface area contributed by atoms with Gasteiger partial charge in [0.25, 0.3) is 17.7 Å². The molecule has 2 aliphatic rings. The molecule has 4 rings (SSSR count). The van der Waals surface area contributed by atoms with Gasteiger partial charge in [-0.3, -0.25) is 19.3 Å². The summed E-state index contributed by atoms with van der Waals surface area (Å²) in [6, 6.07) is 11.4. The highest BCUT2D eigenvalue weighted by molar-refractivity contribution is 6.37. The summed E-state index contributed by atoms with van der Waals surface area (Å²) in [5.41, 5.74) is 1.12. The van der Waals surface area contributed by atoms with Crippen molar-refractivity contribution >= 4 is 29.3 Å². The topological polar surface area (TPSA) is 66.9 Å². The van der Waals surface area contributed by atoms with E-state index in [1.54, 1.807) is 54.5 Å². The molecule has 2 aromatic rings. The van der Waals surface area contributed by atoms with Crippen LogP contribution in [0, 0.1) is 0 Å². The lowest BCUT2D eigenvalue weighted by Crippen LogP contribution is -2.42. The van der Waals surface area contributed by atoms with Crippen LogP contribution in [0.15, 0.2) is 42.5 Å². The fraction of sp³-hybridized carbons (Fsp3) is 0.250. The van der Waals surface area contributed by atoms with Crippen LogP contribution in [-0.2, 0) is 0 Å². The molecule has 2 aliphatic heterocycles. The molecule has 6 nitrogen and oxygen atoms in total. The number of amides is 3. The van der Waals surface area contributed by atoms with E-state index in [-0.39, 0.29) is 34.3 Å². The number of halogens is 1. The Hall–Kier alpha value is -2.86. The van der Waals surface area contributed by atoms with Crippen molar-refractivity contribution in [2.45, 2.75) is 12.5 Å². The smallest absolute Gasteiger partial charge is 0.263 e. The predicted octanol–water partition coefficient (Wildman–Crippen LogP) is 2.86. The highest BCUT2D eigenvalue weighted by Gasteiger charge is 2.44. The molecule has 0 aromatic heterocycles. The van der Waals surface area contributed by atoms with Crippen LogP contribution in [0.3, 0.4) is 0 Å². The van der Waals surface area contributed by atoms with Crippen molar-refractivity contribution in [1.29, 1.82) is 0 Å². The number of hydrogen-bond donors (Lipinski definition) is 0. The number of nitrogens with zero attached hydrogens (tertiary/aromatic N) is 2. The number of fused-ring (bicyclic) bond motifs is 1. The summed E-state index contributed by atoms with van der Waals surface area (Å²) in [7, 11) is 1.57. The fourth-order valence-corrected chi connectivity index (χ4v) is 3.90. The van der Waals surface area contributed by atoms with Crippen LogP contribution in [0.2, 0.25) is 5.02 Å². The Bertz CT molecular complexity index is 941. The van der Waals surface area contributed by atoms with Crippen molar-refractivity contribution in [2.75, 3.05) is 20.2 Å². The van der Waals surface area contributed by atoms with Gasteiger partial charge in [0.15, 0.2) is 0 Å². The summed E-state index contributed by atoms with van der Waals surface area (Å²) in [6.45, 7) is 0.796. The Morgan fingerprint density at radius 1 is 1.11 bits per heavy atom. The molecule has 0 bridgehead atoms. The Morgan fingerprint density at radius 3 is 2.52 bits per heavy atom. The Balaban J connectivity index is 1.51. The molecule has 0 aliphatic carbocycles. The van der Waals surface area contributed by atoms with E-state index in [9.17, 15) is 14.4 Å². The van der Waals surface area contributed by atoms with E-state index in [0.717, 1.165) is 0 Å². The fourth-order valence-electron chi connectivity index (χ4n) is 3.65. The summed E-state index contributed by atoms with van der Waals surface area (Å²) in [5, 5.41) is 0.275. The van der Waals surface area contributed by atoms with Crippen molar-refractivity contribution in [1.82, 2.24) is 9.80 Å². The van der Waals surface area contributed by atoms with Gasteiger partial charge in [-0.1, -0.05) is 17.7 Å². The molecular weight excluding hydrogens is 368 g/mol. The molecule has 0 N–H and O–H groups in total. The van der Waals surface area contributed by atoms with Crippen molar-refractivity contribution in [3.8, 4) is 5.75 Å². The van der Waals surface area contributed by atoms with E-state index in [4.69, 9.17) is 16.3 Å². The largest absolute Gasteiger partial charge is 0.497 e. The van der Waals surface area contributed by atoms with E-state index < -0.39 is 0 Å². The van der Waals surface area contributed by atoms with Crippen LogP contribution in [0.25, 0.3) is 0 Å². The van der Waals surface area contributed by atoms with Gasteiger partial charge in [-0.05, 0) is 42.8 Å². The van der Waals surface area contributed by atoms with E-state index >= 15 is 0 Å².